The highest BCUT2D eigenvalue weighted by molar-refractivity contribution is 8.13. The van der Waals surface area contributed by atoms with Gasteiger partial charge >= 0.3 is 0 Å². The van der Waals surface area contributed by atoms with Crippen molar-refractivity contribution in [3.63, 3.8) is 0 Å². The van der Waals surface area contributed by atoms with Crippen LogP contribution in [0.15, 0.2) is 35.4 Å². The maximum atomic E-state index is 12.3. The molecule has 6 heteroatoms. The van der Waals surface area contributed by atoms with Gasteiger partial charge in [0.2, 0.25) is 5.91 Å². The zero-order valence-corrected chi connectivity index (χ0v) is 13.1. The Morgan fingerprint density at radius 3 is 2.62 bits per heavy atom. The number of carbonyl (C=O) groups excluding carboxylic acids is 1. The molecule has 3 N–H and O–H groups in total. The second-order valence-electron chi connectivity index (χ2n) is 4.67. The van der Waals surface area contributed by atoms with E-state index in [2.05, 4.69) is 0 Å². The van der Waals surface area contributed by atoms with Crippen molar-refractivity contribution in [2.24, 2.45) is 5.73 Å². The molecule has 1 heterocycles. The van der Waals surface area contributed by atoms with Gasteiger partial charge in [0.05, 0.1) is 0 Å². The van der Waals surface area contributed by atoms with Crippen molar-refractivity contribution in [2.45, 2.75) is 25.3 Å². The van der Waals surface area contributed by atoms with Crippen LogP contribution >= 0.6 is 11.8 Å². The largest absolute Gasteiger partial charge is 0.378 e. The van der Waals surface area contributed by atoms with Gasteiger partial charge in [0.25, 0.3) is 0 Å². The Kier molecular flexibility index (Phi) is 4.90. The number of hydrogen-bond acceptors (Lipinski definition) is 3. The number of amides is 1. The minimum absolute atomic E-state index is 0.0490. The van der Waals surface area contributed by atoms with Gasteiger partial charge in [-0.05, 0) is 19.9 Å². The molecule has 1 amide bonds. The minimum atomic E-state index is 0.0490. The summed E-state index contributed by atoms with van der Waals surface area (Å²) in [5.74, 6) is 0.0973. The highest BCUT2D eigenvalue weighted by Crippen LogP contribution is 2.29. The van der Waals surface area contributed by atoms with E-state index >= 15 is 0 Å². The van der Waals surface area contributed by atoms with Crippen molar-refractivity contribution in [2.75, 3.05) is 13.1 Å². The summed E-state index contributed by atoms with van der Waals surface area (Å²) in [5.41, 5.74) is 6.47. The molecule has 0 unspecified atom stereocenters. The lowest BCUT2D eigenvalue weighted by Gasteiger charge is -2.19. The fraction of sp³-hybridized carbons (Fsp3) is 0.333. The molecule has 0 saturated heterocycles. The van der Waals surface area contributed by atoms with Crippen molar-refractivity contribution in [1.29, 1.82) is 5.41 Å². The first-order chi connectivity index (χ1) is 10.1. The Balaban J connectivity index is 2.35. The predicted octanol–water partition coefficient (Wildman–Crippen LogP) is 2.50. The van der Waals surface area contributed by atoms with E-state index in [1.807, 2.05) is 53.8 Å². The maximum absolute atomic E-state index is 12.3. The van der Waals surface area contributed by atoms with Gasteiger partial charge in [0, 0.05) is 35.1 Å². The number of para-hydroxylation sites is 1. The Bertz CT molecular complexity index is 661. The van der Waals surface area contributed by atoms with E-state index in [1.165, 1.54) is 11.8 Å². The van der Waals surface area contributed by atoms with E-state index in [-0.39, 0.29) is 11.1 Å². The third-order valence-electron chi connectivity index (χ3n) is 3.39. The van der Waals surface area contributed by atoms with Crippen molar-refractivity contribution in [3.05, 3.63) is 30.5 Å². The number of nitrogens with one attached hydrogen (secondary N) is 1. The standard InChI is InChI=1S/C15H20N4OS/c1-3-18(4-2)14(20)10-19-9-13(21-15(16)17)11-7-5-6-8-12(11)19/h5-9H,3-4,10H2,1-2H3,(H3,16,17). The van der Waals surface area contributed by atoms with Crippen LogP contribution in [-0.4, -0.2) is 33.6 Å². The molecule has 0 atom stereocenters. The van der Waals surface area contributed by atoms with E-state index in [4.69, 9.17) is 11.1 Å². The number of fused-ring (bicyclic) bond motifs is 1. The van der Waals surface area contributed by atoms with E-state index in [1.54, 1.807) is 0 Å². The van der Waals surface area contributed by atoms with Crippen molar-refractivity contribution in [3.8, 4) is 0 Å². The molecule has 1 aromatic heterocycles. The summed E-state index contributed by atoms with van der Waals surface area (Å²) in [7, 11) is 0. The summed E-state index contributed by atoms with van der Waals surface area (Å²) in [6.07, 6.45) is 1.90. The molecule has 1 aromatic carbocycles. The van der Waals surface area contributed by atoms with Crippen LogP contribution < -0.4 is 5.73 Å². The number of nitrogens with two attached hydrogens (primary N) is 1. The number of benzene rings is 1. The fourth-order valence-corrected chi connectivity index (χ4v) is 3.07. The van der Waals surface area contributed by atoms with Crippen LogP contribution in [0, 0.1) is 5.41 Å². The Labute approximate surface area is 128 Å². The average molecular weight is 304 g/mol. The van der Waals surface area contributed by atoms with E-state index in [9.17, 15) is 4.79 Å². The Morgan fingerprint density at radius 1 is 1.33 bits per heavy atom. The SMILES string of the molecule is CCN(CC)C(=O)Cn1cc(SC(=N)N)c2ccccc21. The quantitative estimate of drug-likeness (QED) is 0.506. The summed E-state index contributed by atoms with van der Waals surface area (Å²) < 4.78 is 1.93. The molecule has 5 nitrogen and oxygen atoms in total. The first kappa shape index (κ1) is 15.4. The molecule has 0 spiro atoms. The van der Waals surface area contributed by atoms with Gasteiger partial charge in [-0.3, -0.25) is 10.2 Å². The molecular weight excluding hydrogens is 284 g/mol. The molecule has 0 bridgehead atoms. The highest BCUT2D eigenvalue weighted by atomic mass is 32.2. The van der Waals surface area contributed by atoms with Gasteiger partial charge in [0.15, 0.2) is 5.17 Å². The van der Waals surface area contributed by atoms with Gasteiger partial charge in [-0.1, -0.05) is 30.0 Å². The normalized spacial score (nSPS) is 10.8. The molecular formula is C15H20N4OS. The van der Waals surface area contributed by atoms with E-state index in [0.29, 0.717) is 19.6 Å². The molecule has 2 rings (SSSR count). The predicted molar refractivity (Wildman–Crippen MR) is 87.6 cm³/mol. The third-order valence-corrected chi connectivity index (χ3v) is 4.16. The van der Waals surface area contributed by atoms with Gasteiger partial charge in [-0.2, -0.15) is 0 Å². The van der Waals surface area contributed by atoms with E-state index in [0.717, 1.165) is 15.8 Å². The highest BCUT2D eigenvalue weighted by Gasteiger charge is 2.14. The average Bonchev–Trinajstić information content (AvgIpc) is 2.78. The van der Waals surface area contributed by atoms with Gasteiger partial charge in [-0.15, -0.1) is 0 Å². The zero-order valence-electron chi connectivity index (χ0n) is 12.3. The summed E-state index contributed by atoms with van der Waals surface area (Å²) in [5, 5.41) is 8.51. The van der Waals surface area contributed by atoms with Crippen LogP contribution in [0.4, 0.5) is 0 Å². The topological polar surface area (TPSA) is 75.1 Å². The molecule has 0 aliphatic rings. The van der Waals surface area contributed by atoms with Crippen molar-refractivity contribution < 1.29 is 4.79 Å². The summed E-state index contributed by atoms with van der Waals surface area (Å²) in [4.78, 5) is 15.0. The molecule has 0 aliphatic heterocycles. The third kappa shape index (κ3) is 3.39. The molecule has 2 aromatic rings. The molecule has 0 radical (unpaired) electrons. The van der Waals surface area contributed by atoms with Crippen LogP contribution in [0.25, 0.3) is 10.9 Å². The molecule has 0 fully saturated rings. The van der Waals surface area contributed by atoms with Crippen LogP contribution in [0.5, 0.6) is 0 Å². The summed E-state index contributed by atoms with van der Waals surface area (Å²) in [6, 6.07) is 7.86. The molecule has 0 aliphatic carbocycles. The second kappa shape index (κ2) is 6.67. The minimum Gasteiger partial charge on any atom is -0.378 e. The Morgan fingerprint density at radius 2 is 2.00 bits per heavy atom. The van der Waals surface area contributed by atoms with Crippen LogP contribution in [-0.2, 0) is 11.3 Å². The van der Waals surface area contributed by atoms with Gasteiger partial charge in [0.1, 0.15) is 6.54 Å². The number of carbonyl (C=O) groups is 1. The zero-order chi connectivity index (χ0) is 15.4. The smallest absolute Gasteiger partial charge is 0.242 e. The van der Waals surface area contributed by atoms with Gasteiger partial charge < -0.3 is 15.2 Å². The van der Waals surface area contributed by atoms with Crippen molar-refractivity contribution in [1.82, 2.24) is 9.47 Å². The maximum Gasteiger partial charge on any atom is 0.242 e. The number of amidine groups is 1. The number of hydrogen-bond donors (Lipinski definition) is 2. The monoisotopic (exact) mass is 304 g/mol. The molecule has 0 saturated carbocycles. The first-order valence-corrected chi connectivity index (χ1v) is 7.76. The molecule has 21 heavy (non-hydrogen) atoms. The lowest BCUT2D eigenvalue weighted by molar-refractivity contribution is -0.131. The number of nitrogens with zero attached hydrogens (tertiary/aromatic N) is 2. The van der Waals surface area contributed by atoms with E-state index < -0.39 is 0 Å². The number of thioether (sulfide) groups is 1. The van der Waals surface area contributed by atoms with Gasteiger partial charge in [-0.25, -0.2) is 0 Å². The fourth-order valence-electron chi connectivity index (χ4n) is 2.37. The number of rotatable bonds is 5. The Hall–Kier alpha value is -1.95. The lowest BCUT2D eigenvalue weighted by atomic mass is 10.2. The van der Waals surface area contributed by atoms with Crippen molar-refractivity contribution >= 4 is 33.7 Å². The van der Waals surface area contributed by atoms with Crippen LogP contribution in [0.2, 0.25) is 0 Å². The summed E-state index contributed by atoms with van der Waals surface area (Å²) in [6.45, 7) is 5.69. The second-order valence-corrected chi connectivity index (χ2v) is 5.75. The molecule has 112 valence electrons. The first-order valence-electron chi connectivity index (χ1n) is 6.94. The lowest BCUT2D eigenvalue weighted by Crippen LogP contribution is -2.33. The summed E-state index contributed by atoms with van der Waals surface area (Å²) >= 11 is 1.21. The van der Waals surface area contributed by atoms with Crippen LogP contribution in [0.1, 0.15) is 13.8 Å². The number of aromatic nitrogens is 1. The van der Waals surface area contributed by atoms with Crippen LogP contribution in [0.3, 0.4) is 0 Å². The number of likely N-dealkylation sites (N-methyl/N-ethyl adjacent to an activating group) is 1.